The van der Waals surface area contributed by atoms with Gasteiger partial charge in [0.05, 0.1) is 19.6 Å². The molecule has 2 aliphatic rings. The van der Waals surface area contributed by atoms with Crippen molar-refractivity contribution >= 4 is 35.4 Å². The lowest BCUT2D eigenvalue weighted by Crippen LogP contribution is -2.36. The molecule has 5 rings (SSSR count). The molecule has 3 aromatic carbocycles. The number of anilines is 1. The molecular formula is C34H35N3O5. The Labute approximate surface area is 246 Å². The van der Waals surface area contributed by atoms with Gasteiger partial charge in [-0.05, 0) is 78.3 Å². The number of hydrazone groups is 1. The molecule has 0 aromatic heterocycles. The van der Waals surface area contributed by atoms with Crippen molar-refractivity contribution in [1.82, 2.24) is 5.01 Å². The lowest BCUT2D eigenvalue weighted by atomic mass is 9.89. The number of hydrogen-bond acceptors (Lipinski definition) is 6. The first-order valence-electron chi connectivity index (χ1n) is 14.4. The van der Waals surface area contributed by atoms with Gasteiger partial charge >= 0.3 is 5.97 Å². The molecule has 1 N–H and O–H groups in total. The highest BCUT2D eigenvalue weighted by Crippen LogP contribution is 2.37. The quantitative estimate of drug-likeness (QED) is 0.247. The van der Waals surface area contributed by atoms with Gasteiger partial charge in [0.25, 0.3) is 5.91 Å². The van der Waals surface area contributed by atoms with E-state index in [0.717, 1.165) is 35.1 Å². The topological polar surface area (TPSA) is 97.3 Å². The Kier molecular flexibility index (Phi) is 9.44. The highest BCUT2D eigenvalue weighted by atomic mass is 16.5. The molecule has 0 bridgehead atoms. The van der Waals surface area contributed by atoms with Crippen molar-refractivity contribution in [2.24, 2.45) is 5.10 Å². The van der Waals surface area contributed by atoms with Crippen LogP contribution in [-0.4, -0.2) is 41.9 Å². The van der Waals surface area contributed by atoms with Gasteiger partial charge in [-0.1, -0.05) is 61.4 Å². The fraction of sp³-hybridized carbons (Fsp3) is 0.294. The van der Waals surface area contributed by atoms with Crippen molar-refractivity contribution in [2.75, 3.05) is 18.5 Å². The van der Waals surface area contributed by atoms with Crippen molar-refractivity contribution in [3.63, 3.8) is 0 Å². The molecule has 0 radical (unpaired) electrons. The number of rotatable bonds is 10. The second-order valence-corrected chi connectivity index (χ2v) is 10.5. The van der Waals surface area contributed by atoms with Crippen molar-refractivity contribution in [2.45, 2.75) is 51.5 Å². The van der Waals surface area contributed by atoms with E-state index in [4.69, 9.17) is 9.47 Å². The zero-order valence-corrected chi connectivity index (χ0v) is 23.8. The fourth-order valence-corrected chi connectivity index (χ4v) is 5.35. The van der Waals surface area contributed by atoms with Crippen LogP contribution in [-0.2, 0) is 36.8 Å². The monoisotopic (exact) mass is 565 g/mol. The van der Waals surface area contributed by atoms with E-state index >= 15 is 0 Å². The molecule has 0 unspecified atom stereocenters. The van der Waals surface area contributed by atoms with Crippen LogP contribution in [0.2, 0.25) is 0 Å². The lowest BCUT2D eigenvalue weighted by Gasteiger charge is -2.25. The number of esters is 1. The Morgan fingerprint density at radius 1 is 1.05 bits per heavy atom. The van der Waals surface area contributed by atoms with Crippen molar-refractivity contribution in [1.29, 1.82) is 0 Å². The van der Waals surface area contributed by atoms with Gasteiger partial charge in [-0.15, -0.1) is 5.10 Å². The molecule has 1 aliphatic heterocycles. The van der Waals surface area contributed by atoms with Gasteiger partial charge < -0.3 is 14.8 Å². The van der Waals surface area contributed by atoms with E-state index in [-0.39, 0.29) is 30.8 Å². The summed E-state index contributed by atoms with van der Waals surface area (Å²) in [5, 5.41) is 8.95. The zero-order valence-electron chi connectivity index (χ0n) is 23.8. The Bertz CT molecular complexity index is 1470. The SMILES string of the molecule is CCOC(=O)/C=C/c1ccc(NC(=O)Cc2ccc(CN3N=C(c4ccccc4)OCC3=O)cc2C2CCCC2)cc1. The van der Waals surface area contributed by atoms with E-state index < -0.39 is 0 Å². The van der Waals surface area contributed by atoms with Crippen LogP contribution in [0.3, 0.4) is 0 Å². The zero-order chi connectivity index (χ0) is 29.3. The van der Waals surface area contributed by atoms with E-state index in [1.54, 1.807) is 13.0 Å². The molecule has 8 nitrogen and oxygen atoms in total. The van der Waals surface area contributed by atoms with Gasteiger partial charge in [0.1, 0.15) is 0 Å². The summed E-state index contributed by atoms with van der Waals surface area (Å²) >= 11 is 0. The Morgan fingerprint density at radius 2 is 1.81 bits per heavy atom. The summed E-state index contributed by atoms with van der Waals surface area (Å²) in [6.45, 7) is 2.38. The lowest BCUT2D eigenvalue weighted by molar-refractivity contribution is -0.137. The first-order chi connectivity index (χ1) is 20.5. The summed E-state index contributed by atoms with van der Waals surface area (Å²) in [5.41, 5.74) is 5.49. The van der Waals surface area contributed by atoms with Crippen LogP contribution in [0.5, 0.6) is 0 Å². The van der Waals surface area contributed by atoms with Gasteiger partial charge in [0.15, 0.2) is 6.61 Å². The van der Waals surface area contributed by atoms with E-state index in [9.17, 15) is 14.4 Å². The normalized spacial score (nSPS) is 15.4. The minimum Gasteiger partial charge on any atom is -0.466 e. The summed E-state index contributed by atoms with van der Waals surface area (Å²) in [6.07, 6.45) is 7.83. The highest BCUT2D eigenvalue weighted by Gasteiger charge is 2.25. The molecule has 0 saturated heterocycles. The fourth-order valence-electron chi connectivity index (χ4n) is 5.35. The predicted octanol–water partition coefficient (Wildman–Crippen LogP) is 5.82. The average Bonchev–Trinajstić information content (AvgIpc) is 3.54. The van der Waals surface area contributed by atoms with Gasteiger partial charge in [-0.2, -0.15) is 0 Å². The van der Waals surface area contributed by atoms with Gasteiger partial charge in [0.2, 0.25) is 11.8 Å². The predicted molar refractivity (Wildman–Crippen MR) is 162 cm³/mol. The second-order valence-electron chi connectivity index (χ2n) is 10.5. The molecule has 8 heteroatoms. The molecule has 1 fully saturated rings. The van der Waals surface area contributed by atoms with Crippen molar-refractivity contribution < 1.29 is 23.9 Å². The molecule has 0 atom stereocenters. The maximum atomic E-state index is 13.1. The minimum absolute atomic E-state index is 0.0515. The summed E-state index contributed by atoms with van der Waals surface area (Å²) in [4.78, 5) is 37.2. The Balaban J connectivity index is 1.28. The van der Waals surface area contributed by atoms with Crippen LogP contribution in [0.15, 0.2) is 84.0 Å². The first-order valence-corrected chi connectivity index (χ1v) is 14.4. The van der Waals surface area contributed by atoms with Gasteiger partial charge in [-0.3, -0.25) is 9.59 Å². The molecule has 216 valence electrons. The number of ether oxygens (including phenoxy) is 2. The van der Waals surface area contributed by atoms with Gasteiger partial charge in [-0.25, -0.2) is 9.80 Å². The molecule has 2 amide bonds. The minimum atomic E-state index is -0.389. The van der Waals surface area contributed by atoms with Crippen LogP contribution in [0.1, 0.15) is 66.3 Å². The number of amides is 2. The number of benzene rings is 3. The van der Waals surface area contributed by atoms with Crippen LogP contribution >= 0.6 is 0 Å². The summed E-state index contributed by atoms with van der Waals surface area (Å²) in [7, 11) is 0. The number of hydrogen-bond donors (Lipinski definition) is 1. The smallest absolute Gasteiger partial charge is 0.330 e. The highest BCUT2D eigenvalue weighted by molar-refractivity contribution is 5.98. The molecule has 42 heavy (non-hydrogen) atoms. The van der Waals surface area contributed by atoms with Crippen LogP contribution in [0.4, 0.5) is 5.69 Å². The third kappa shape index (κ3) is 7.51. The summed E-state index contributed by atoms with van der Waals surface area (Å²) in [6, 6.07) is 23.0. The van der Waals surface area contributed by atoms with Gasteiger partial charge in [0, 0.05) is 17.3 Å². The molecule has 0 spiro atoms. The summed E-state index contributed by atoms with van der Waals surface area (Å²) in [5.74, 6) is 0.143. The maximum absolute atomic E-state index is 13.1. The average molecular weight is 566 g/mol. The number of carbonyl (C=O) groups excluding carboxylic acids is 3. The standard InChI is InChI=1S/C34H35N3O5/c1-2-41-33(40)19-15-24-13-17-29(18-14-24)35-31(38)21-28-16-12-25(20-30(28)26-8-6-7-9-26)22-37-32(39)23-42-34(36-37)27-10-4-3-5-11-27/h3-5,10-20,26H,2,6-9,21-23H2,1H3,(H,35,38)/b19-15+. The first kappa shape index (κ1) is 28.8. The number of nitrogens with one attached hydrogen (secondary N) is 1. The Hall–Kier alpha value is -4.72. The van der Waals surface area contributed by atoms with Crippen LogP contribution in [0, 0.1) is 0 Å². The number of carbonyl (C=O) groups is 3. The second kappa shape index (κ2) is 13.8. The molecule has 3 aromatic rings. The number of nitrogens with zero attached hydrogens (tertiary/aromatic N) is 2. The molecular weight excluding hydrogens is 530 g/mol. The van der Waals surface area contributed by atoms with E-state index in [1.807, 2.05) is 66.7 Å². The van der Waals surface area contributed by atoms with E-state index in [2.05, 4.69) is 16.5 Å². The molecule has 1 aliphatic carbocycles. The molecule has 1 saturated carbocycles. The van der Waals surface area contributed by atoms with Crippen LogP contribution < -0.4 is 5.32 Å². The third-order valence-electron chi connectivity index (χ3n) is 7.43. The maximum Gasteiger partial charge on any atom is 0.330 e. The van der Waals surface area contributed by atoms with E-state index in [1.165, 1.54) is 29.5 Å². The molecule has 1 heterocycles. The van der Waals surface area contributed by atoms with Crippen molar-refractivity contribution in [3.8, 4) is 0 Å². The largest absolute Gasteiger partial charge is 0.466 e. The Morgan fingerprint density at radius 3 is 2.55 bits per heavy atom. The van der Waals surface area contributed by atoms with E-state index in [0.29, 0.717) is 30.7 Å². The van der Waals surface area contributed by atoms with Crippen molar-refractivity contribution in [3.05, 3.63) is 107 Å². The van der Waals surface area contributed by atoms with Crippen LogP contribution in [0.25, 0.3) is 6.08 Å². The third-order valence-corrected chi connectivity index (χ3v) is 7.43. The summed E-state index contributed by atoms with van der Waals surface area (Å²) < 4.78 is 10.5.